The Kier molecular flexibility index (Phi) is 4.77. The lowest BCUT2D eigenvalue weighted by molar-refractivity contribution is -0.288. The Labute approximate surface area is 158 Å². The van der Waals surface area contributed by atoms with Crippen LogP contribution < -0.4 is 0 Å². The number of fused-ring (bicyclic) bond motifs is 2. The average molecular weight is 380 g/mol. The molecular formula is C20H28O7. The molecule has 2 saturated carbocycles. The topological polar surface area (TPSA) is 113 Å². The highest BCUT2D eigenvalue weighted by Gasteiger charge is 2.69. The number of allylic oxidation sites excluding steroid dienone is 1. The van der Waals surface area contributed by atoms with Crippen LogP contribution in [-0.4, -0.2) is 51.4 Å². The van der Waals surface area contributed by atoms with Crippen LogP contribution in [0, 0.1) is 17.3 Å². The molecule has 2 fully saturated rings. The minimum Gasteiger partial charge on any atom is -0.459 e. The zero-order valence-corrected chi connectivity index (χ0v) is 16.4. The van der Waals surface area contributed by atoms with Crippen LogP contribution in [0.4, 0.5) is 0 Å². The highest BCUT2D eigenvalue weighted by molar-refractivity contribution is 5.93. The summed E-state index contributed by atoms with van der Waals surface area (Å²) in [4.78, 5) is 24.4. The number of ether oxygens (including phenoxy) is 2. The van der Waals surface area contributed by atoms with E-state index in [9.17, 15) is 24.9 Å². The monoisotopic (exact) mass is 380 g/mol. The summed E-state index contributed by atoms with van der Waals surface area (Å²) in [7, 11) is 0. The molecule has 0 amide bonds. The van der Waals surface area contributed by atoms with Crippen molar-refractivity contribution >= 4 is 11.9 Å². The minimum absolute atomic E-state index is 0.0159. The van der Waals surface area contributed by atoms with E-state index in [-0.39, 0.29) is 17.1 Å². The molecule has 0 bridgehead atoms. The second-order valence-corrected chi connectivity index (χ2v) is 8.26. The van der Waals surface area contributed by atoms with Crippen LogP contribution in [0.3, 0.4) is 0 Å². The van der Waals surface area contributed by atoms with E-state index in [0.717, 1.165) is 0 Å². The summed E-state index contributed by atoms with van der Waals surface area (Å²) in [5.74, 6) is -4.40. The normalized spacial score (nSPS) is 44.5. The zero-order valence-electron chi connectivity index (χ0n) is 16.4. The molecule has 3 N–H and O–H groups in total. The largest absolute Gasteiger partial charge is 0.459 e. The molecular weight excluding hydrogens is 352 g/mol. The Hall–Kier alpha value is -1.70. The van der Waals surface area contributed by atoms with Gasteiger partial charge >= 0.3 is 11.9 Å². The third-order valence-corrected chi connectivity index (χ3v) is 7.03. The summed E-state index contributed by atoms with van der Waals surface area (Å²) >= 11 is 0. The smallest absolute Gasteiger partial charge is 0.336 e. The van der Waals surface area contributed by atoms with Crippen LogP contribution in [0.5, 0.6) is 0 Å². The van der Waals surface area contributed by atoms with Gasteiger partial charge in [0.05, 0.1) is 6.10 Å². The first kappa shape index (κ1) is 20.0. The molecule has 7 atom stereocenters. The summed E-state index contributed by atoms with van der Waals surface area (Å²) < 4.78 is 10.7. The number of aliphatic hydroxyl groups excluding tert-OH is 2. The van der Waals surface area contributed by atoms with Gasteiger partial charge in [0.15, 0.2) is 0 Å². The lowest BCUT2D eigenvalue weighted by atomic mass is 9.50. The SMILES string of the molecule is CC=C(C)C(=O)O[C@H]1CC[C@H](C)[C@]2(C)[C@H]1[C@@H](O)[C@]1(O)OC(=O)C(C)=C1[C@H]2O. The standard InChI is InChI=1S/C20H28O7/c1-6-9(2)17(23)26-12-8-7-10(3)19(5)14(12)16(22)20(25)13(15(19)21)11(4)18(24)27-20/h6,10,12,14-16,21-22,25H,7-8H2,1-5H3/t10-,12-,14+,15+,16+,19+,20+/m0/s1. The van der Waals surface area contributed by atoms with Crippen LogP contribution >= 0.6 is 0 Å². The number of rotatable bonds is 2. The first-order valence-corrected chi connectivity index (χ1v) is 9.37. The fourth-order valence-electron chi connectivity index (χ4n) is 4.94. The van der Waals surface area contributed by atoms with Gasteiger partial charge in [-0.05, 0) is 39.5 Å². The Morgan fingerprint density at radius 1 is 1.33 bits per heavy atom. The van der Waals surface area contributed by atoms with E-state index in [0.29, 0.717) is 18.4 Å². The predicted molar refractivity (Wildman–Crippen MR) is 95.1 cm³/mol. The molecule has 1 heterocycles. The molecule has 1 aliphatic heterocycles. The third-order valence-electron chi connectivity index (χ3n) is 7.03. The number of carbonyl (C=O) groups is 2. The van der Waals surface area contributed by atoms with Crippen LogP contribution in [0.2, 0.25) is 0 Å². The summed E-state index contributed by atoms with van der Waals surface area (Å²) in [5, 5.41) is 33.2. The quantitative estimate of drug-likeness (QED) is 0.487. The van der Waals surface area contributed by atoms with E-state index >= 15 is 0 Å². The van der Waals surface area contributed by atoms with Gasteiger partial charge < -0.3 is 24.8 Å². The van der Waals surface area contributed by atoms with E-state index in [1.807, 2.05) is 6.92 Å². The van der Waals surface area contributed by atoms with E-state index < -0.39 is 47.4 Å². The molecule has 0 aromatic heterocycles. The lowest BCUT2D eigenvalue weighted by Crippen LogP contribution is -2.69. The maximum Gasteiger partial charge on any atom is 0.336 e. The number of aliphatic hydroxyl groups is 3. The molecule has 7 heteroatoms. The molecule has 3 rings (SSSR count). The molecule has 2 aliphatic carbocycles. The van der Waals surface area contributed by atoms with Gasteiger partial charge in [-0.2, -0.15) is 0 Å². The summed E-state index contributed by atoms with van der Waals surface area (Å²) in [5.41, 5.74) is -0.339. The van der Waals surface area contributed by atoms with Crippen LogP contribution in [-0.2, 0) is 19.1 Å². The molecule has 0 aromatic rings. The number of hydrogen-bond acceptors (Lipinski definition) is 7. The lowest BCUT2D eigenvalue weighted by Gasteiger charge is -2.59. The second-order valence-electron chi connectivity index (χ2n) is 8.26. The maximum absolute atomic E-state index is 12.3. The van der Waals surface area contributed by atoms with Gasteiger partial charge in [-0.3, -0.25) is 0 Å². The first-order valence-electron chi connectivity index (χ1n) is 9.37. The van der Waals surface area contributed by atoms with Gasteiger partial charge in [0.25, 0.3) is 5.79 Å². The Morgan fingerprint density at radius 3 is 2.56 bits per heavy atom. The molecule has 0 saturated heterocycles. The Morgan fingerprint density at radius 2 is 1.96 bits per heavy atom. The van der Waals surface area contributed by atoms with Crippen LogP contribution in [0.15, 0.2) is 22.8 Å². The summed E-state index contributed by atoms with van der Waals surface area (Å²) in [6, 6.07) is 0. The van der Waals surface area contributed by atoms with Crippen molar-refractivity contribution in [2.45, 2.75) is 71.6 Å². The van der Waals surface area contributed by atoms with Crippen molar-refractivity contribution in [2.75, 3.05) is 0 Å². The van der Waals surface area contributed by atoms with E-state index in [4.69, 9.17) is 9.47 Å². The van der Waals surface area contributed by atoms with Gasteiger partial charge in [0.1, 0.15) is 12.2 Å². The summed E-state index contributed by atoms with van der Waals surface area (Å²) in [6.45, 7) is 8.59. The summed E-state index contributed by atoms with van der Waals surface area (Å²) in [6.07, 6.45) is -0.659. The van der Waals surface area contributed by atoms with E-state index in [2.05, 4.69) is 0 Å². The van der Waals surface area contributed by atoms with Crippen molar-refractivity contribution in [3.05, 3.63) is 22.8 Å². The third kappa shape index (κ3) is 2.59. The second kappa shape index (κ2) is 6.43. The fourth-order valence-corrected chi connectivity index (χ4v) is 4.94. The molecule has 150 valence electrons. The molecule has 0 radical (unpaired) electrons. The van der Waals surface area contributed by atoms with Crippen molar-refractivity contribution in [3.8, 4) is 0 Å². The first-order chi connectivity index (χ1) is 12.5. The van der Waals surface area contributed by atoms with Gasteiger partial charge in [-0.1, -0.05) is 19.9 Å². The van der Waals surface area contributed by atoms with Crippen molar-refractivity contribution in [3.63, 3.8) is 0 Å². The van der Waals surface area contributed by atoms with E-state index in [1.54, 1.807) is 26.8 Å². The van der Waals surface area contributed by atoms with Crippen LogP contribution in [0.25, 0.3) is 0 Å². The maximum atomic E-state index is 12.3. The van der Waals surface area contributed by atoms with Crippen molar-refractivity contribution in [2.24, 2.45) is 17.3 Å². The Balaban J connectivity index is 2.07. The number of hydrogen-bond donors (Lipinski definition) is 3. The number of esters is 2. The molecule has 0 unspecified atom stereocenters. The van der Waals surface area contributed by atoms with Crippen LogP contribution in [0.1, 0.15) is 47.5 Å². The van der Waals surface area contributed by atoms with E-state index in [1.165, 1.54) is 6.92 Å². The fraction of sp³-hybridized carbons (Fsp3) is 0.700. The van der Waals surface area contributed by atoms with Crippen molar-refractivity contribution in [1.29, 1.82) is 0 Å². The molecule has 0 spiro atoms. The average Bonchev–Trinajstić information content (AvgIpc) is 2.85. The van der Waals surface area contributed by atoms with Crippen molar-refractivity contribution < 1.29 is 34.4 Å². The zero-order chi connectivity index (χ0) is 20.3. The molecule has 7 nitrogen and oxygen atoms in total. The molecule has 27 heavy (non-hydrogen) atoms. The van der Waals surface area contributed by atoms with Gasteiger partial charge in [0.2, 0.25) is 0 Å². The highest BCUT2D eigenvalue weighted by Crippen LogP contribution is 2.60. The van der Waals surface area contributed by atoms with Crippen molar-refractivity contribution in [1.82, 2.24) is 0 Å². The number of carbonyl (C=O) groups excluding carboxylic acids is 2. The van der Waals surface area contributed by atoms with Gasteiger partial charge in [-0.15, -0.1) is 0 Å². The Bertz CT molecular complexity index is 739. The predicted octanol–water partition coefficient (Wildman–Crippen LogP) is 1.21. The van der Waals surface area contributed by atoms with Gasteiger partial charge in [0, 0.05) is 28.1 Å². The van der Waals surface area contributed by atoms with Gasteiger partial charge in [-0.25, -0.2) is 9.59 Å². The minimum atomic E-state index is -2.30. The molecule has 0 aromatic carbocycles. The molecule has 3 aliphatic rings. The highest BCUT2D eigenvalue weighted by atomic mass is 16.7.